The first-order valence-corrected chi connectivity index (χ1v) is 3.61. The van der Waals surface area contributed by atoms with Crippen molar-refractivity contribution in [2.24, 2.45) is 5.92 Å². The van der Waals surface area contributed by atoms with Crippen LogP contribution in [-0.4, -0.2) is 26.2 Å². The van der Waals surface area contributed by atoms with Crippen LogP contribution in [0.2, 0.25) is 0 Å². The van der Waals surface area contributed by atoms with Gasteiger partial charge in [-0.1, -0.05) is 0 Å². The van der Waals surface area contributed by atoms with Crippen molar-refractivity contribution >= 4 is 5.91 Å². The Morgan fingerprint density at radius 2 is 2.60 bits per heavy atom. The van der Waals surface area contributed by atoms with E-state index in [1.807, 2.05) is 0 Å². The van der Waals surface area contributed by atoms with Crippen molar-refractivity contribution < 1.29 is 9.53 Å². The summed E-state index contributed by atoms with van der Waals surface area (Å²) in [4.78, 5) is 10.9. The van der Waals surface area contributed by atoms with Crippen LogP contribution in [-0.2, 0) is 9.53 Å². The molecule has 1 amide bonds. The standard InChI is InChI=1S/C7H13NO2/c1-10-5-3-6-2-4-8-7(6)9/h6H,2-5H2,1H3,(H,8,9). The van der Waals surface area contributed by atoms with Crippen molar-refractivity contribution in [3.63, 3.8) is 0 Å². The van der Waals surface area contributed by atoms with E-state index in [9.17, 15) is 4.79 Å². The first-order valence-electron chi connectivity index (χ1n) is 3.61. The second-order valence-corrected chi connectivity index (χ2v) is 2.56. The third-order valence-electron chi connectivity index (χ3n) is 1.83. The quantitative estimate of drug-likeness (QED) is 0.611. The fourth-order valence-corrected chi connectivity index (χ4v) is 1.18. The fourth-order valence-electron chi connectivity index (χ4n) is 1.18. The van der Waals surface area contributed by atoms with Gasteiger partial charge in [-0.3, -0.25) is 4.79 Å². The first-order chi connectivity index (χ1) is 4.84. The summed E-state index contributed by atoms with van der Waals surface area (Å²) in [7, 11) is 1.66. The molecule has 0 saturated carbocycles. The lowest BCUT2D eigenvalue weighted by atomic mass is 10.1. The number of carbonyl (C=O) groups is 1. The second-order valence-electron chi connectivity index (χ2n) is 2.56. The van der Waals surface area contributed by atoms with E-state index in [0.29, 0.717) is 6.61 Å². The molecule has 1 N–H and O–H groups in total. The molecule has 1 rings (SSSR count). The van der Waals surface area contributed by atoms with Crippen LogP contribution in [0.3, 0.4) is 0 Å². The van der Waals surface area contributed by atoms with Gasteiger partial charge in [0.2, 0.25) is 5.91 Å². The van der Waals surface area contributed by atoms with Crippen LogP contribution in [0.25, 0.3) is 0 Å². The number of carbonyl (C=O) groups excluding carboxylic acids is 1. The molecule has 0 aromatic carbocycles. The molecule has 1 unspecified atom stereocenters. The average Bonchev–Trinajstić information content (AvgIpc) is 2.31. The Bertz CT molecular complexity index is 125. The van der Waals surface area contributed by atoms with Gasteiger partial charge >= 0.3 is 0 Å². The Morgan fingerprint density at radius 3 is 3.10 bits per heavy atom. The van der Waals surface area contributed by atoms with Gasteiger partial charge in [0, 0.05) is 26.2 Å². The van der Waals surface area contributed by atoms with E-state index in [4.69, 9.17) is 4.74 Å². The zero-order valence-corrected chi connectivity index (χ0v) is 6.22. The van der Waals surface area contributed by atoms with Gasteiger partial charge in [0.15, 0.2) is 0 Å². The van der Waals surface area contributed by atoms with Gasteiger partial charge in [-0.05, 0) is 12.8 Å². The monoisotopic (exact) mass is 143 g/mol. The molecule has 3 nitrogen and oxygen atoms in total. The van der Waals surface area contributed by atoms with Gasteiger partial charge < -0.3 is 10.1 Å². The van der Waals surface area contributed by atoms with Crippen molar-refractivity contribution in [3.8, 4) is 0 Å². The molecule has 10 heavy (non-hydrogen) atoms. The molecule has 1 saturated heterocycles. The van der Waals surface area contributed by atoms with Crippen molar-refractivity contribution in [2.45, 2.75) is 12.8 Å². The maximum absolute atomic E-state index is 10.9. The third kappa shape index (κ3) is 1.70. The smallest absolute Gasteiger partial charge is 0.223 e. The van der Waals surface area contributed by atoms with Gasteiger partial charge in [-0.25, -0.2) is 0 Å². The molecule has 58 valence electrons. The minimum atomic E-state index is 0.192. The van der Waals surface area contributed by atoms with Gasteiger partial charge in [0.25, 0.3) is 0 Å². The van der Waals surface area contributed by atoms with Gasteiger partial charge in [-0.2, -0.15) is 0 Å². The second kappa shape index (κ2) is 3.56. The molecule has 1 aliphatic heterocycles. The summed E-state index contributed by atoms with van der Waals surface area (Å²) >= 11 is 0. The zero-order valence-electron chi connectivity index (χ0n) is 6.22. The minimum absolute atomic E-state index is 0.192. The number of nitrogens with one attached hydrogen (secondary N) is 1. The minimum Gasteiger partial charge on any atom is -0.385 e. The first kappa shape index (κ1) is 7.54. The molecule has 0 spiro atoms. The number of hydrogen-bond donors (Lipinski definition) is 1. The van der Waals surface area contributed by atoms with E-state index in [-0.39, 0.29) is 11.8 Å². The molecule has 0 radical (unpaired) electrons. The topological polar surface area (TPSA) is 38.3 Å². The van der Waals surface area contributed by atoms with Crippen LogP contribution in [0.15, 0.2) is 0 Å². The van der Waals surface area contributed by atoms with Crippen molar-refractivity contribution in [2.75, 3.05) is 20.3 Å². The van der Waals surface area contributed by atoms with Crippen molar-refractivity contribution in [1.82, 2.24) is 5.32 Å². The molecule has 0 bridgehead atoms. The summed E-state index contributed by atoms with van der Waals surface area (Å²) in [5, 5.41) is 2.78. The molecule has 3 heteroatoms. The van der Waals surface area contributed by atoms with Crippen molar-refractivity contribution in [3.05, 3.63) is 0 Å². The maximum atomic E-state index is 10.9. The van der Waals surface area contributed by atoms with E-state index in [1.165, 1.54) is 0 Å². The number of hydrogen-bond acceptors (Lipinski definition) is 2. The molecule has 1 atom stereocenters. The van der Waals surface area contributed by atoms with Crippen LogP contribution in [0, 0.1) is 5.92 Å². The predicted octanol–water partition coefficient (Wildman–Crippen LogP) is 0.159. The lowest BCUT2D eigenvalue weighted by molar-refractivity contribution is -0.122. The highest BCUT2D eigenvalue weighted by Gasteiger charge is 2.22. The summed E-state index contributed by atoms with van der Waals surface area (Å²) in [6.45, 7) is 1.53. The molecular weight excluding hydrogens is 130 g/mol. The molecule has 1 fully saturated rings. The largest absolute Gasteiger partial charge is 0.385 e. The predicted molar refractivity (Wildman–Crippen MR) is 37.6 cm³/mol. The molecule has 0 aliphatic carbocycles. The number of rotatable bonds is 3. The summed E-state index contributed by atoms with van der Waals surface area (Å²) in [5.41, 5.74) is 0. The highest BCUT2D eigenvalue weighted by atomic mass is 16.5. The van der Waals surface area contributed by atoms with E-state index >= 15 is 0 Å². The van der Waals surface area contributed by atoms with Crippen LogP contribution in [0.4, 0.5) is 0 Å². The molecule has 0 aromatic rings. The molecule has 1 aliphatic rings. The van der Waals surface area contributed by atoms with Crippen LogP contribution >= 0.6 is 0 Å². The maximum Gasteiger partial charge on any atom is 0.223 e. The lowest BCUT2D eigenvalue weighted by Crippen LogP contribution is -2.19. The molecule has 1 heterocycles. The van der Waals surface area contributed by atoms with E-state index in [0.717, 1.165) is 19.4 Å². The Kier molecular flexibility index (Phi) is 2.68. The Morgan fingerprint density at radius 1 is 1.80 bits per heavy atom. The molecular formula is C7H13NO2. The van der Waals surface area contributed by atoms with E-state index in [2.05, 4.69) is 5.32 Å². The molecule has 0 aromatic heterocycles. The Labute approximate surface area is 60.7 Å². The fraction of sp³-hybridized carbons (Fsp3) is 0.857. The van der Waals surface area contributed by atoms with Crippen LogP contribution in [0.5, 0.6) is 0 Å². The average molecular weight is 143 g/mol. The summed E-state index contributed by atoms with van der Waals surface area (Å²) in [6.07, 6.45) is 1.84. The van der Waals surface area contributed by atoms with E-state index in [1.54, 1.807) is 7.11 Å². The summed E-state index contributed by atoms with van der Waals surface area (Å²) in [6, 6.07) is 0. The Balaban J connectivity index is 2.20. The number of amides is 1. The van der Waals surface area contributed by atoms with Crippen LogP contribution in [0.1, 0.15) is 12.8 Å². The van der Waals surface area contributed by atoms with Gasteiger partial charge in [0.05, 0.1) is 0 Å². The van der Waals surface area contributed by atoms with E-state index < -0.39 is 0 Å². The van der Waals surface area contributed by atoms with Gasteiger partial charge in [0.1, 0.15) is 0 Å². The number of methoxy groups -OCH3 is 1. The lowest BCUT2D eigenvalue weighted by Gasteiger charge is -2.03. The summed E-state index contributed by atoms with van der Waals surface area (Å²) in [5.74, 6) is 0.400. The van der Waals surface area contributed by atoms with Gasteiger partial charge in [-0.15, -0.1) is 0 Å². The zero-order chi connectivity index (χ0) is 7.40. The highest BCUT2D eigenvalue weighted by Crippen LogP contribution is 2.12. The van der Waals surface area contributed by atoms with Crippen LogP contribution < -0.4 is 5.32 Å². The number of ether oxygens (including phenoxy) is 1. The summed E-state index contributed by atoms with van der Waals surface area (Å²) < 4.78 is 4.87. The SMILES string of the molecule is COCCC1CCNC1=O. The normalized spacial score (nSPS) is 24.9. The van der Waals surface area contributed by atoms with Crippen molar-refractivity contribution in [1.29, 1.82) is 0 Å². The Hall–Kier alpha value is -0.570. The highest BCUT2D eigenvalue weighted by molar-refractivity contribution is 5.80. The third-order valence-corrected chi connectivity index (χ3v) is 1.83.